The van der Waals surface area contributed by atoms with Gasteiger partial charge in [-0.2, -0.15) is 4.98 Å². The van der Waals surface area contributed by atoms with Crippen LogP contribution in [0.25, 0.3) is 0 Å². The molecule has 0 amide bonds. The van der Waals surface area contributed by atoms with E-state index < -0.39 is 0 Å². The molecule has 0 aliphatic carbocycles. The molecule has 21 heavy (non-hydrogen) atoms. The number of hydrogen-bond acceptors (Lipinski definition) is 6. The smallest absolute Gasteiger partial charge is 0.236 e. The van der Waals surface area contributed by atoms with Crippen molar-refractivity contribution in [3.05, 3.63) is 40.5 Å². The first-order chi connectivity index (χ1) is 10.1. The highest BCUT2D eigenvalue weighted by Gasteiger charge is 2.44. The fourth-order valence-electron chi connectivity index (χ4n) is 2.16. The molecule has 0 spiro atoms. The number of ether oxygens (including phenoxy) is 1. The predicted octanol–water partition coefficient (Wildman–Crippen LogP) is 2.74. The lowest BCUT2D eigenvalue weighted by atomic mass is 9.86. The second-order valence-corrected chi connectivity index (χ2v) is 7.15. The predicted molar refractivity (Wildman–Crippen MR) is 84.1 cm³/mol. The van der Waals surface area contributed by atoms with E-state index in [1.165, 1.54) is 0 Å². The minimum Gasteiger partial charge on any atom is -0.379 e. The van der Waals surface area contributed by atoms with Gasteiger partial charge >= 0.3 is 0 Å². The molecule has 2 aromatic rings. The molecular formula is C14H16BrN3O2S. The topological polar surface area (TPSA) is 74.2 Å². The van der Waals surface area contributed by atoms with Gasteiger partial charge in [0, 0.05) is 15.4 Å². The number of benzene rings is 1. The van der Waals surface area contributed by atoms with E-state index in [2.05, 4.69) is 32.1 Å². The summed E-state index contributed by atoms with van der Waals surface area (Å²) in [6.45, 7) is 3.05. The zero-order valence-corrected chi connectivity index (χ0v) is 14.0. The van der Waals surface area contributed by atoms with Crippen molar-refractivity contribution in [1.82, 2.24) is 10.1 Å². The van der Waals surface area contributed by atoms with Crippen molar-refractivity contribution in [3.63, 3.8) is 0 Å². The van der Waals surface area contributed by atoms with Crippen LogP contribution in [0.3, 0.4) is 0 Å². The first-order valence-electron chi connectivity index (χ1n) is 6.63. The molecule has 1 aliphatic rings. The van der Waals surface area contributed by atoms with Gasteiger partial charge in [0.1, 0.15) is 0 Å². The van der Waals surface area contributed by atoms with Crippen LogP contribution >= 0.6 is 27.7 Å². The molecule has 7 heteroatoms. The van der Waals surface area contributed by atoms with Gasteiger partial charge in [-0.1, -0.05) is 17.3 Å². The van der Waals surface area contributed by atoms with Gasteiger partial charge in [-0.15, -0.1) is 11.8 Å². The molecule has 1 aromatic carbocycles. The monoisotopic (exact) mass is 369 g/mol. The Kier molecular flexibility index (Phi) is 4.35. The van der Waals surface area contributed by atoms with Gasteiger partial charge in [-0.05, 0) is 35.0 Å². The van der Waals surface area contributed by atoms with E-state index in [0.29, 0.717) is 30.7 Å². The molecule has 1 saturated heterocycles. The molecule has 0 bridgehead atoms. The Balaban J connectivity index is 1.70. The van der Waals surface area contributed by atoms with E-state index in [-0.39, 0.29) is 11.5 Å². The molecule has 1 fully saturated rings. The summed E-state index contributed by atoms with van der Waals surface area (Å²) in [5, 5.41) is 4.05. The van der Waals surface area contributed by atoms with Gasteiger partial charge in [0.05, 0.1) is 24.4 Å². The molecule has 5 nitrogen and oxygen atoms in total. The van der Waals surface area contributed by atoms with Crippen molar-refractivity contribution >= 4 is 27.7 Å². The summed E-state index contributed by atoms with van der Waals surface area (Å²) in [7, 11) is 0. The summed E-state index contributed by atoms with van der Waals surface area (Å²) in [5.74, 6) is 1.89. The largest absolute Gasteiger partial charge is 0.379 e. The summed E-state index contributed by atoms with van der Waals surface area (Å²) < 4.78 is 11.9. The Bertz CT molecular complexity index is 636. The van der Waals surface area contributed by atoms with Crippen LogP contribution in [0.5, 0.6) is 0 Å². The number of thioether (sulfide) groups is 1. The van der Waals surface area contributed by atoms with Crippen LogP contribution in [-0.4, -0.2) is 29.4 Å². The summed E-state index contributed by atoms with van der Waals surface area (Å²) >= 11 is 5.19. The quantitative estimate of drug-likeness (QED) is 0.835. The maximum atomic E-state index is 6.08. The molecule has 0 radical (unpaired) electrons. The number of nitrogens with two attached hydrogens (primary N) is 1. The fraction of sp³-hybridized carbons (Fsp3) is 0.429. The molecule has 1 aromatic heterocycles. The van der Waals surface area contributed by atoms with Crippen molar-refractivity contribution in [2.45, 2.75) is 29.0 Å². The van der Waals surface area contributed by atoms with E-state index in [4.69, 9.17) is 15.0 Å². The second-order valence-electron chi connectivity index (χ2n) is 5.27. The molecule has 112 valence electrons. The highest BCUT2D eigenvalue weighted by atomic mass is 79.9. The first-order valence-corrected chi connectivity index (χ1v) is 8.41. The van der Waals surface area contributed by atoms with E-state index in [1.807, 2.05) is 25.1 Å². The SMILES string of the molecule is CC1(c2nc(CSc3ccccc3Br)no2)COCC1N. The molecule has 3 rings (SSSR count). The average Bonchev–Trinajstić information content (AvgIpc) is 3.07. The zero-order chi connectivity index (χ0) is 14.9. The van der Waals surface area contributed by atoms with Crippen molar-refractivity contribution in [3.8, 4) is 0 Å². The third-order valence-electron chi connectivity index (χ3n) is 3.67. The number of rotatable bonds is 4. The Hall–Kier alpha value is -0.890. The van der Waals surface area contributed by atoms with Crippen LogP contribution in [0.15, 0.2) is 38.2 Å². The number of aromatic nitrogens is 2. The highest BCUT2D eigenvalue weighted by molar-refractivity contribution is 9.10. The average molecular weight is 370 g/mol. The van der Waals surface area contributed by atoms with Gasteiger partial charge in [-0.3, -0.25) is 0 Å². The van der Waals surface area contributed by atoms with E-state index in [9.17, 15) is 0 Å². The number of nitrogens with zero attached hydrogens (tertiary/aromatic N) is 2. The fourth-order valence-corrected chi connectivity index (χ4v) is 3.57. The first kappa shape index (κ1) is 15.0. The van der Waals surface area contributed by atoms with Gasteiger partial charge < -0.3 is 15.0 Å². The maximum Gasteiger partial charge on any atom is 0.236 e. The van der Waals surface area contributed by atoms with Crippen molar-refractivity contribution in [2.75, 3.05) is 13.2 Å². The van der Waals surface area contributed by atoms with Gasteiger partial charge in [0.15, 0.2) is 5.82 Å². The lowest BCUT2D eigenvalue weighted by molar-refractivity contribution is 0.169. The van der Waals surface area contributed by atoms with E-state index in [0.717, 1.165) is 9.37 Å². The van der Waals surface area contributed by atoms with Crippen LogP contribution in [0.4, 0.5) is 0 Å². The molecule has 2 atom stereocenters. The lowest BCUT2D eigenvalue weighted by Gasteiger charge is -2.21. The van der Waals surface area contributed by atoms with Gasteiger partial charge in [-0.25, -0.2) is 0 Å². The minimum absolute atomic E-state index is 0.110. The van der Waals surface area contributed by atoms with Crippen molar-refractivity contribution in [1.29, 1.82) is 0 Å². The Labute approximate surface area is 135 Å². The molecule has 2 heterocycles. The van der Waals surface area contributed by atoms with Crippen LogP contribution < -0.4 is 5.73 Å². The van der Waals surface area contributed by atoms with Crippen molar-refractivity contribution < 1.29 is 9.26 Å². The Morgan fingerprint density at radius 3 is 3.00 bits per heavy atom. The highest BCUT2D eigenvalue weighted by Crippen LogP contribution is 2.32. The molecular weight excluding hydrogens is 354 g/mol. The number of halogens is 1. The second kappa shape index (κ2) is 6.08. The molecule has 2 unspecified atom stereocenters. The molecule has 2 N–H and O–H groups in total. The van der Waals surface area contributed by atoms with Crippen LogP contribution in [0.2, 0.25) is 0 Å². The normalized spacial score (nSPS) is 25.4. The van der Waals surface area contributed by atoms with Crippen LogP contribution in [0.1, 0.15) is 18.6 Å². The third-order valence-corrected chi connectivity index (χ3v) is 5.69. The molecule has 1 aliphatic heterocycles. The summed E-state index contributed by atoms with van der Waals surface area (Å²) in [5.41, 5.74) is 5.69. The van der Waals surface area contributed by atoms with Gasteiger partial charge in [0.25, 0.3) is 0 Å². The van der Waals surface area contributed by atoms with Gasteiger partial charge in [0.2, 0.25) is 5.89 Å². The Morgan fingerprint density at radius 2 is 2.29 bits per heavy atom. The minimum atomic E-state index is -0.386. The van der Waals surface area contributed by atoms with E-state index >= 15 is 0 Å². The van der Waals surface area contributed by atoms with Crippen LogP contribution in [-0.2, 0) is 15.9 Å². The Morgan fingerprint density at radius 1 is 1.48 bits per heavy atom. The number of hydrogen-bond donors (Lipinski definition) is 1. The summed E-state index contributed by atoms with van der Waals surface area (Å²) in [6, 6.07) is 7.95. The van der Waals surface area contributed by atoms with Crippen LogP contribution in [0, 0.1) is 0 Å². The zero-order valence-electron chi connectivity index (χ0n) is 11.6. The summed E-state index contributed by atoms with van der Waals surface area (Å²) in [4.78, 5) is 5.63. The maximum absolute atomic E-state index is 6.08. The lowest BCUT2D eigenvalue weighted by Crippen LogP contribution is -2.42. The van der Waals surface area contributed by atoms with E-state index in [1.54, 1.807) is 11.8 Å². The standard InChI is InChI=1S/C14H16BrN3O2S/c1-14(8-19-6-11(14)16)13-17-12(18-20-13)7-21-10-5-3-2-4-9(10)15/h2-5,11H,6-8,16H2,1H3. The van der Waals surface area contributed by atoms with Crippen molar-refractivity contribution in [2.24, 2.45) is 5.73 Å². The summed E-state index contributed by atoms with van der Waals surface area (Å²) in [6.07, 6.45) is 0. The molecule has 0 saturated carbocycles. The third kappa shape index (κ3) is 3.01.